The highest BCUT2D eigenvalue weighted by Gasteiger charge is 2.19. The van der Waals surface area contributed by atoms with Crippen LogP contribution in [0.25, 0.3) is 0 Å². The van der Waals surface area contributed by atoms with Gasteiger partial charge < -0.3 is 5.32 Å². The third-order valence-electron chi connectivity index (χ3n) is 2.93. The molecule has 0 saturated carbocycles. The Labute approximate surface area is 122 Å². The van der Waals surface area contributed by atoms with E-state index in [1.807, 2.05) is 41.8 Å². The highest BCUT2D eigenvalue weighted by atomic mass is 35.5. The van der Waals surface area contributed by atoms with Gasteiger partial charge in [-0.2, -0.15) is 0 Å². The van der Waals surface area contributed by atoms with Crippen molar-refractivity contribution in [2.75, 3.05) is 0 Å². The minimum Gasteiger partial charge on any atom is -0.344 e. The fourth-order valence-electron chi connectivity index (χ4n) is 1.93. The van der Waals surface area contributed by atoms with Crippen LogP contribution in [0.3, 0.4) is 0 Å². The standard InChI is InChI=1S/C15H16ClNOS/c1-10(2)14(11-5-7-12(16)8-6-11)17-15(18)13-4-3-9-19-13/h3-10,14H,1-2H3,(H,17,18). The second kappa shape index (κ2) is 6.22. The number of benzene rings is 1. The number of thiophene rings is 1. The van der Waals surface area contributed by atoms with Crippen LogP contribution in [0.2, 0.25) is 5.02 Å². The van der Waals surface area contributed by atoms with Gasteiger partial charge in [0.25, 0.3) is 5.91 Å². The van der Waals surface area contributed by atoms with Crippen molar-refractivity contribution >= 4 is 28.8 Å². The molecule has 1 aromatic heterocycles. The van der Waals surface area contributed by atoms with Gasteiger partial charge in [-0.1, -0.05) is 43.6 Å². The molecule has 0 saturated heterocycles. The number of carbonyl (C=O) groups is 1. The summed E-state index contributed by atoms with van der Waals surface area (Å²) in [5, 5.41) is 5.69. The molecule has 0 aliphatic heterocycles. The summed E-state index contributed by atoms with van der Waals surface area (Å²) in [4.78, 5) is 12.9. The number of halogens is 1. The maximum Gasteiger partial charge on any atom is 0.261 e. The lowest BCUT2D eigenvalue weighted by Crippen LogP contribution is -2.31. The maximum absolute atomic E-state index is 12.1. The van der Waals surface area contributed by atoms with Crippen LogP contribution in [0.15, 0.2) is 41.8 Å². The molecule has 100 valence electrons. The summed E-state index contributed by atoms with van der Waals surface area (Å²) in [5.41, 5.74) is 1.07. The monoisotopic (exact) mass is 293 g/mol. The summed E-state index contributed by atoms with van der Waals surface area (Å²) in [5.74, 6) is 0.286. The molecule has 2 nitrogen and oxygen atoms in total. The van der Waals surface area contributed by atoms with Gasteiger partial charge in [0.1, 0.15) is 0 Å². The zero-order valence-electron chi connectivity index (χ0n) is 10.9. The minimum atomic E-state index is -0.0244. The van der Waals surface area contributed by atoms with Crippen molar-refractivity contribution in [3.63, 3.8) is 0 Å². The normalized spacial score (nSPS) is 12.4. The first-order valence-electron chi connectivity index (χ1n) is 6.18. The molecule has 1 atom stereocenters. The van der Waals surface area contributed by atoms with Crippen LogP contribution in [0, 0.1) is 5.92 Å². The number of nitrogens with one attached hydrogen (secondary N) is 1. The SMILES string of the molecule is CC(C)C(NC(=O)c1cccs1)c1ccc(Cl)cc1. The van der Waals surface area contributed by atoms with Crippen LogP contribution in [-0.2, 0) is 0 Å². The van der Waals surface area contributed by atoms with E-state index in [0.29, 0.717) is 10.9 Å². The lowest BCUT2D eigenvalue weighted by Gasteiger charge is -2.22. The summed E-state index contributed by atoms with van der Waals surface area (Å²) in [6.07, 6.45) is 0. The Morgan fingerprint density at radius 1 is 1.21 bits per heavy atom. The first kappa shape index (κ1) is 14.1. The fourth-order valence-corrected chi connectivity index (χ4v) is 2.68. The summed E-state index contributed by atoms with van der Waals surface area (Å²) in [6, 6.07) is 11.3. The van der Waals surface area contributed by atoms with Crippen LogP contribution >= 0.6 is 22.9 Å². The highest BCUT2D eigenvalue weighted by molar-refractivity contribution is 7.12. The lowest BCUT2D eigenvalue weighted by molar-refractivity contribution is 0.0930. The van der Waals surface area contributed by atoms with Gasteiger partial charge in [0.15, 0.2) is 0 Å². The Hall–Kier alpha value is -1.32. The second-order valence-corrected chi connectivity index (χ2v) is 6.11. The zero-order valence-corrected chi connectivity index (χ0v) is 12.5. The molecule has 2 aromatic rings. The van der Waals surface area contributed by atoms with E-state index >= 15 is 0 Å². The Morgan fingerprint density at radius 2 is 1.89 bits per heavy atom. The molecule has 0 fully saturated rings. The van der Waals surface area contributed by atoms with E-state index in [1.54, 1.807) is 0 Å². The smallest absolute Gasteiger partial charge is 0.261 e. The third-order valence-corrected chi connectivity index (χ3v) is 4.05. The van der Waals surface area contributed by atoms with Crippen molar-refractivity contribution in [1.29, 1.82) is 0 Å². The molecule has 19 heavy (non-hydrogen) atoms. The average Bonchev–Trinajstić information content (AvgIpc) is 2.90. The molecular formula is C15H16ClNOS. The van der Waals surface area contributed by atoms with Crippen molar-refractivity contribution in [2.24, 2.45) is 5.92 Å². The van der Waals surface area contributed by atoms with E-state index in [4.69, 9.17) is 11.6 Å². The molecule has 1 amide bonds. The molecule has 0 aliphatic rings. The number of carbonyl (C=O) groups excluding carboxylic acids is 1. The first-order valence-corrected chi connectivity index (χ1v) is 7.43. The van der Waals surface area contributed by atoms with E-state index in [1.165, 1.54) is 11.3 Å². The number of hydrogen-bond acceptors (Lipinski definition) is 2. The molecule has 0 bridgehead atoms. The van der Waals surface area contributed by atoms with E-state index in [0.717, 1.165) is 10.4 Å². The molecule has 1 heterocycles. The molecule has 0 radical (unpaired) electrons. The molecule has 2 rings (SSSR count). The highest BCUT2D eigenvalue weighted by Crippen LogP contribution is 2.24. The predicted octanol–water partition coefficient (Wildman–Crippen LogP) is 4.53. The van der Waals surface area contributed by atoms with Crippen molar-refractivity contribution in [2.45, 2.75) is 19.9 Å². The number of rotatable bonds is 4. The maximum atomic E-state index is 12.1. The third kappa shape index (κ3) is 3.58. The average molecular weight is 294 g/mol. The van der Waals surface area contributed by atoms with Gasteiger partial charge in [0.2, 0.25) is 0 Å². The molecule has 4 heteroatoms. The van der Waals surface area contributed by atoms with Gasteiger partial charge in [-0.05, 0) is 35.1 Å². The zero-order chi connectivity index (χ0) is 13.8. The van der Waals surface area contributed by atoms with E-state index in [2.05, 4.69) is 19.2 Å². The van der Waals surface area contributed by atoms with E-state index in [9.17, 15) is 4.79 Å². The predicted molar refractivity (Wildman–Crippen MR) is 80.8 cm³/mol. The van der Waals surface area contributed by atoms with Gasteiger partial charge in [0.05, 0.1) is 10.9 Å². The van der Waals surface area contributed by atoms with Crippen LogP contribution in [0.1, 0.15) is 35.1 Å². The fraction of sp³-hybridized carbons (Fsp3) is 0.267. The Morgan fingerprint density at radius 3 is 2.42 bits per heavy atom. The first-order chi connectivity index (χ1) is 9.08. The van der Waals surface area contributed by atoms with E-state index < -0.39 is 0 Å². The van der Waals surface area contributed by atoms with Crippen molar-refractivity contribution < 1.29 is 4.79 Å². The van der Waals surface area contributed by atoms with Gasteiger partial charge in [-0.3, -0.25) is 4.79 Å². The molecule has 1 aromatic carbocycles. The quantitative estimate of drug-likeness (QED) is 0.882. The van der Waals surface area contributed by atoms with Crippen LogP contribution in [-0.4, -0.2) is 5.91 Å². The van der Waals surface area contributed by atoms with Crippen LogP contribution in [0.4, 0.5) is 0 Å². The van der Waals surface area contributed by atoms with E-state index in [-0.39, 0.29) is 11.9 Å². The Balaban J connectivity index is 2.17. The van der Waals surface area contributed by atoms with Crippen molar-refractivity contribution in [3.8, 4) is 0 Å². The molecule has 1 N–H and O–H groups in total. The molecule has 1 unspecified atom stereocenters. The van der Waals surface area contributed by atoms with Gasteiger partial charge in [-0.15, -0.1) is 11.3 Å². The summed E-state index contributed by atoms with van der Waals surface area (Å²) in [6.45, 7) is 4.18. The van der Waals surface area contributed by atoms with Crippen LogP contribution in [0.5, 0.6) is 0 Å². The lowest BCUT2D eigenvalue weighted by atomic mass is 9.96. The second-order valence-electron chi connectivity index (χ2n) is 4.72. The van der Waals surface area contributed by atoms with Crippen LogP contribution < -0.4 is 5.32 Å². The minimum absolute atomic E-state index is 0.00753. The largest absolute Gasteiger partial charge is 0.344 e. The van der Waals surface area contributed by atoms with Gasteiger partial charge in [0, 0.05) is 5.02 Å². The van der Waals surface area contributed by atoms with Crippen molar-refractivity contribution in [1.82, 2.24) is 5.32 Å². The Kier molecular flexibility index (Phi) is 4.61. The molecule has 0 spiro atoms. The Bertz CT molecular complexity index is 534. The summed E-state index contributed by atoms with van der Waals surface area (Å²) < 4.78 is 0. The van der Waals surface area contributed by atoms with Gasteiger partial charge in [-0.25, -0.2) is 0 Å². The topological polar surface area (TPSA) is 29.1 Å². The summed E-state index contributed by atoms with van der Waals surface area (Å²) >= 11 is 7.35. The number of hydrogen-bond donors (Lipinski definition) is 1. The van der Waals surface area contributed by atoms with Gasteiger partial charge >= 0.3 is 0 Å². The molecular weight excluding hydrogens is 278 g/mol. The number of amides is 1. The summed E-state index contributed by atoms with van der Waals surface area (Å²) in [7, 11) is 0. The van der Waals surface area contributed by atoms with Crippen molar-refractivity contribution in [3.05, 3.63) is 57.2 Å². The molecule has 0 aliphatic carbocycles.